The number of hydrogen-bond donors (Lipinski definition) is 0. The van der Waals surface area contributed by atoms with Crippen molar-refractivity contribution in [3.8, 4) is 0 Å². The van der Waals surface area contributed by atoms with Crippen LogP contribution >= 0.6 is 23.2 Å². The highest BCUT2D eigenvalue weighted by Crippen LogP contribution is 2.34. The molecule has 1 aliphatic rings. The summed E-state index contributed by atoms with van der Waals surface area (Å²) in [5.41, 5.74) is 2.24. The van der Waals surface area contributed by atoms with Gasteiger partial charge in [0.25, 0.3) is 0 Å². The van der Waals surface area contributed by atoms with E-state index in [2.05, 4.69) is 39.4 Å². The molecule has 0 amide bonds. The molecule has 1 unspecified atom stereocenters. The number of nitrogens with zero attached hydrogens (tertiary/aromatic N) is 3. The Hall–Kier alpha value is -1.32. The van der Waals surface area contributed by atoms with Gasteiger partial charge in [-0.1, -0.05) is 53.5 Å². The lowest BCUT2D eigenvalue weighted by Gasteiger charge is -2.19. The largest absolute Gasteiger partial charge is 0.368 e. The van der Waals surface area contributed by atoms with E-state index in [-0.39, 0.29) is 0 Å². The minimum Gasteiger partial charge on any atom is -0.368 e. The fraction of sp³-hybridized carbons (Fsp3) is 0.286. The van der Waals surface area contributed by atoms with E-state index >= 15 is 0 Å². The predicted molar refractivity (Wildman–Crippen MR) is 78.1 cm³/mol. The maximum absolute atomic E-state index is 6.10. The molecule has 1 aromatic carbocycles. The molecule has 1 saturated heterocycles. The van der Waals surface area contributed by atoms with Crippen LogP contribution in [0.15, 0.2) is 36.4 Å². The second-order valence-electron chi connectivity index (χ2n) is 4.69. The molecule has 1 atom stereocenters. The molecular formula is C14H13Cl2N3. The van der Waals surface area contributed by atoms with Crippen LogP contribution in [-0.2, 0) is 0 Å². The summed E-state index contributed by atoms with van der Waals surface area (Å²) >= 11 is 12.0. The zero-order chi connectivity index (χ0) is 13.2. The van der Waals surface area contributed by atoms with Gasteiger partial charge in [-0.3, -0.25) is 0 Å². The van der Waals surface area contributed by atoms with E-state index in [4.69, 9.17) is 23.2 Å². The molecular weight excluding hydrogens is 281 g/mol. The molecule has 0 saturated carbocycles. The molecule has 1 aliphatic heterocycles. The molecule has 1 aromatic heterocycles. The van der Waals surface area contributed by atoms with Crippen molar-refractivity contribution in [3.63, 3.8) is 0 Å². The highest BCUT2D eigenvalue weighted by Gasteiger charge is 2.25. The highest BCUT2D eigenvalue weighted by molar-refractivity contribution is 6.33. The van der Waals surface area contributed by atoms with E-state index in [1.165, 1.54) is 5.56 Å². The Bertz CT molecular complexity index is 574. The van der Waals surface area contributed by atoms with Crippen molar-refractivity contribution in [3.05, 3.63) is 52.3 Å². The number of benzene rings is 1. The van der Waals surface area contributed by atoms with E-state index in [9.17, 15) is 0 Å². The normalized spacial score (nSPS) is 18.8. The molecule has 0 aliphatic carbocycles. The summed E-state index contributed by atoms with van der Waals surface area (Å²) in [6.45, 7) is 1.90. The van der Waals surface area contributed by atoms with Crippen LogP contribution < -0.4 is 4.90 Å². The van der Waals surface area contributed by atoms with Gasteiger partial charge in [-0.05, 0) is 12.0 Å². The molecule has 2 heterocycles. The molecule has 2 aromatic rings. The maximum atomic E-state index is 6.10. The van der Waals surface area contributed by atoms with Crippen LogP contribution in [0.1, 0.15) is 17.9 Å². The Kier molecular flexibility index (Phi) is 3.58. The lowest BCUT2D eigenvalue weighted by atomic mass is 9.99. The average molecular weight is 294 g/mol. The lowest BCUT2D eigenvalue weighted by molar-refractivity contribution is 0.775. The van der Waals surface area contributed by atoms with Crippen molar-refractivity contribution >= 4 is 28.9 Å². The topological polar surface area (TPSA) is 29.0 Å². The fourth-order valence-electron chi connectivity index (χ4n) is 2.54. The van der Waals surface area contributed by atoms with Gasteiger partial charge >= 0.3 is 0 Å². The summed E-state index contributed by atoms with van der Waals surface area (Å²) < 4.78 is 0. The van der Waals surface area contributed by atoms with Crippen molar-refractivity contribution in [2.45, 2.75) is 12.3 Å². The molecule has 0 N–H and O–H groups in total. The Labute approximate surface area is 122 Å². The van der Waals surface area contributed by atoms with Gasteiger partial charge in [0.15, 0.2) is 10.3 Å². The Balaban J connectivity index is 1.81. The average Bonchev–Trinajstić information content (AvgIpc) is 2.92. The summed E-state index contributed by atoms with van der Waals surface area (Å²) in [5, 5.41) is 8.40. The standard InChI is InChI=1S/C14H13Cl2N3/c15-13-8-12(14(16)18-17-13)19-7-6-11(9-19)10-4-2-1-3-5-10/h1-5,8,11H,6-7,9H2. The number of hydrogen-bond acceptors (Lipinski definition) is 3. The number of halogens is 2. The fourth-order valence-corrected chi connectivity index (χ4v) is 2.90. The Morgan fingerprint density at radius 2 is 1.89 bits per heavy atom. The van der Waals surface area contributed by atoms with Crippen molar-refractivity contribution in [2.24, 2.45) is 0 Å². The molecule has 19 heavy (non-hydrogen) atoms. The van der Waals surface area contributed by atoms with Gasteiger partial charge in [0.1, 0.15) is 0 Å². The molecule has 0 bridgehead atoms. The lowest BCUT2D eigenvalue weighted by Crippen LogP contribution is -2.20. The zero-order valence-electron chi connectivity index (χ0n) is 10.3. The van der Waals surface area contributed by atoms with Gasteiger partial charge in [0.2, 0.25) is 0 Å². The third-order valence-corrected chi connectivity index (χ3v) is 3.95. The van der Waals surface area contributed by atoms with Crippen LogP contribution in [0, 0.1) is 0 Å². The first-order chi connectivity index (χ1) is 9.24. The van der Waals surface area contributed by atoms with E-state index in [1.54, 1.807) is 6.07 Å². The quantitative estimate of drug-likeness (QED) is 0.844. The van der Waals surface area contributed by atoms with Crippen molar-refractivity contribution in [1.29, 1.82) is 0 Å². The van der Waals surface area contributed by atoms with Crippen LogP contribution in [0.25, 0.3) is 0 Å². The summed E-state index contributed by atoms with van der Waals surface area (Å²) in [6, 6.07) is 12.3. The monoisotopic (exact) mass is 293 g/mol. The minimum absolute atomic E-state index is 0.377. The van der Waals surface area contributed by atoms with Crippen molar-refractivity contribution < 1.29 is 0 Å². The van der Waals surface area contributed by atoms with E-state index in [0.717, 1.165) is 25.2 Å². The van der Waals surface area contributed by atoms with Gasteiger partial charge in [0.05, 0.1) is 5.69 Å². The van der Waals surface area contributed by atoms with Crippen LogP contribution in [0.3, 0.4) is 0 Å². The molecule has 1 fully saturated rings. The minimum atomic E-state index is 0.377. The molecule has 0 radical (unpaired) electrons. The second-order valence-corrected chi connectivity index (χ2v) is 5.43. The summed E-state index contributed by atoms with van der Waals surface area (Å²) in [6.07, 6.45) is 1.11. The number of anilines is 1. The van der Waals surface area contributed by atoms with Crippen LogP contribution in [-0.4, -0.2) is 23.3 Å². The molecule has 3 nitrogen and oxygen atoms in total. The van der Waals surface area contributed by atoms with Gasteiger partial charge < -0.3 is 4.90 Å². The number of aromatic nitrogens is 2. The van der Waals surface area contributed by atoms with Crippen LogP contribution in [0.2, 0.25) is 10.3 Å². The van der Waals surface area contributed by atoms with Gasteiger partial charge in [-0.25, -0.2) is 0 Å². The smallest absolute Gasteiger partial charge is 0.175 e. The first-order valence-electron chi connectivity index (χ1n) is 6.22. The SMILES string of the molecule is Clc1cc(N2CCC(c3ccccc3)C2)c(Cl)nn1. The van der Waals surface area contributed by atoms with Gasteiger partial charge in [-0.2, -0.15) is 0 Å². The third kappa shape index (κ3) is 2.67. The summed E-state index contributed by atoms with van der Waals surface area (Å²) in [4.78, 5) is 2.22. The summed E-state index contributed by atoms with van der Waals surface area (Å²) in [7, 11) is 0. The predicted octanol–water partition coefficient (Wildman–Crippen LogP) is 3.78. The van der Waals surface area contributed by atoms with E-state index < -0.39 is 0 Å². The first kappa shape index (κ1) is 12.7. The van der Waals surface area contributed by atoms with Crippen LogP contribution in [0.4, 0.5) is 5.69 Å². The Morgan fingerprint density at radius 1 is 1.11 bits per heavy atom. The molecule has 3 rings (SSSR count). The third-order valence-electron chi connectivity index (χ3n) is 3.50. The molecule has 0 spiro atoms. The second kappa shape index (κ2) is 5.35. The Morgan fingerprint density at radius 3 is 2.68 bits per heavy atom. The molecule has 5 heteroatoms. The zero-order valence-corrected chi connectivity index (χ0v) is 11.8. The summed E-state index contributed by atoms with van der Waals surface area (Å²) in [5.74, 6) is 0.532. The number of rotatable bonds is 2. The van der Waals surface area contributed by atoms with Gasteiger partial charge in [-0.15, -0.1) is 10.2 Å². The van der Waals surface area contributed by atoms with Crippen molar-refractivity contribution in [2.75, 3.05) is 18.0 Å². The highest BCUT2D eigenvalue weighted by atomic mass is 35.5. The van der Waals surface area contributed by atoms with E-state index in [1.807, 2.05) is 6.07 Å². The maximum Gasteiger partial charge on any atom is 0.175 e. The van der Waals surface area contributed by atoms with Gasteiger partial charge in [0, 0.05) is 25.1 Å². The van der Waals surface area contributed by atoms with E-state index in [0.29, 0.717) is 16.2 Å². The first-order valence-corrected chi connectivity index (χ1v) is 6.98. The molecule has 98 valence electrons. The van der Waals surface area contributed by atoms with Crippen LogP contribution in [0.5, 0.6) is 0 Å². The van der Waals surface area contributed by atoms with Crippen molar-refractivity contribution in [1.82, 2.24) is 10.2 Å².